The fourth-order valence-electron chi connectivity index (χ4n) is 0.839. The Bertz CT molecular complexity index is 236. The van der Waals surface area contributed by atoms with E-state index in [1.165, 1.54) is 5.56 Å². The first-order chi connectivity index (χ1) is 5.79. The van der Waals surface area contributed by atoms with E-state index in [-0.39, 0.29) is 0 Å². The SMILES string of the molecule is CC(C)SC=Cc1ccccc1. The van der Waals surface area contributed by atoms with Crippen LogP contribution in [0, 0.1) is 0 Å². The van der Waals surface area contributed by atoms with Gasteiger partial charge in [-0.3, -0.25) is 0 Å². The zero-order chi connectivity index (χ0) is 8.81. The number of thioether (sulfide) groups is 1. The second kappa shape index (κ2) is 5.04. The summed E-state index contributed by atoms with van der Waals surface area (Å²) in [5, 5.41) is 2.82. The Labute approximate surface area is 78.7 Å². The van der Waals surface area contributed by atoms with Crippen LogP contribution in [0.5, 0.6) is 0 Å². The molecule has 0 aromatic heterocycles. The maximum Gasteiger partial charge on any atom is 0.00317 e. The number of benzene rings is 1. The van der Waals surface area contributed by atoms with Gasteiger partial charge in [-0.2, -0.15) is 0 Å². The van der Waals surface area contributed by atoms with Crippen molar-refractivity contribution < 1.29 is 0 Å². The van der Waals surface area contributed by atoms with Crippen LogP contribution in [0.4, 0.5) is 0 Å². The fraction of sp³-hybridized carbons (Fsp3) is 0.273. The van der Waals surface area contributed by atoms with Crippen molar-refractivity contribution in [2.45, 2.75) is 19.1 Å². The van der Waals surface area contributed by atoms with Crippen LogP contribution in [-0.2, 0) is 0 Å². The monoisotopic (exact) mass is 178 g/mol. The summed E-state index contributed by atoms with van der Waals surface area (Å²) in [6.07, 6.45) is 2.14. The average Bonchev–Trinajstić information content (AvgIpc) is 2.05. The van der Waals surface area contributed by atoms with Crippen LogP contribution < -0.4 is 0 Å². The third-order valence-electron chi connectivity index (χ3n) is 1.41. The smallest absolute Gasteiger partial charge is 0.00317 e. The van der Waals surface area contributed by atoms with Crippen molar-refractivity contribution in [3.8, 4) is 0 Å². The summed E-state index contributed by atoms with van der Waals surface area (Å²) in [5.41, 5.74) is 1.27. The molecule has 0 amide bonds. The lowest BCUT2D eigenvalue weighted by molar-refractivity contribution is 1.12. The highest BCUT2D eigenvalue weighted by atomic mass is 32.2. The van der Waals surface area contributed by atoms with Crippen LogP contribution in [0.25, 0.3) is 6.08 Å². The Balaban J connectivity index is 2.47. The molecule has 1 rings (SSSR count). The van der Waals surface area contributed by atoms with E-state index in [0.717, 1.165) is 0 Å². The molecular weight excluding hydrogens is 164 g/mol. The third-order valence-corrected chi connectivity index (χ3v) is 2.25. The summed E-state index contributed by atoms with van der Waals surface area (Å²) in [6, 6.07) is 10.4. The van der Waals surface area contributed by atoms with E-state index in [4.69, 9.17) is 0 Å². The minimum absolute atomic E-state index is 0.671. The van der Waals surface area contributed by atoms with Gasteiger partial charge in [0.2, 0.25) is 0 Å². The molecule has 64 valence electrons. The molecule has 1 aromatic rings. The Kier molecular flexibility index (Phi) is 3.95. The molecular formula is C11H14S. The highest BCUT2D eigenvalue weighted by Crippen LogP contribution is 2.12. The number of rotatable bonds is 3. The second-order valence-electron chi connectivity index (χ2n) is 2.90. The predicted octanol–water partition coefficient (Wildman–Crippen LogP) is 3.80. The molecule has 0 N–H and O–H groups in total. The first kappa shape index (κ1) is 9.40. The topological polar surface area (TPSA) is 0 Å². The molecule has 0 fully saturated rings. The van der Waals surface area contributed by atoms with Gasteiger partial charge in [-0.15, -0.1) is 11.8 Å². The summed E-state index contributed by atoms with van der Waals surface area (Å²) in [7, 11) is 0. The molecule has 1 aromatic carbocycles. The second-order valence-corrected chi connectivity index (χ2v) is 4.39. The molecule has 0 heterocycles. The highest BCUT2D eigenvalue weighted by Gasteiger charge is 1.87. The van der Waals surface area contributed by atoms with Crippen molar-refractivity contribution in [2.75, 3.05) is 0 Å². The van der Waals surface area contributed by atoms with E-state index >= 15 is 0 Å². The van der Waals surface area contributed by atoms with Crippen molar-refractivity contribution >= 4 is 17.8 Å². The van der Waals surface area contributed by atoms with Crippen molar-refractivity contribution in [1.82, 2.24) is 0 Å². The van der Waals surface area contributed by atoms with Gasteiger partial charge in [0.1, 0.15) is 0 Å². The standard InChI is InChI=1S/C11H14S/c1-10(2)12-9-8-11-6-4-3-5-7-11/h3-10H,1-2H3. The van der Waals surface area contributed by atoms with Gasteiger partial charge in [0.05, 0.1) is 0 Å². The molecule has 0 unspecified atom stereocenters. The molecule has 0 saturated heterocycles. The van der Waals surface area contributed by atoms with Crippen LogP contribution in [0.3, 0.4) is 0 Å². The summed E-state index contributed by atoms with van der Waals surface area (Å²) < 4.78 is 0. The molecule has 0 bridgehead atoms. The molecule has 0 spiro atoms. The van der Waals surface area contributed by atoms with Gasteiger partial charge >= 0.3 is 0 Å². The van der Waals surface area contributed by atoms with Gasteiger partial charge in [-0.05, 0) is 17.0 Å². The number of hydrogen-bond donors (Lipinski definition) is 0. The Morgan fingerprint density at radius 3 is 2.42 bits per heavy atom. The van der Waals surface area contributed by atoms with Crippen molar-refractivity contribution in [1.29, 1.82) is 0 Å². The third kappa shape index (κ3) is 3.63. The molecule has 0 saturated carbocycles. The zero-order valence-corrected chi connectivity index (χ0v) is 8.34. The molecule has 0 aliphatic carbocycles. The minimum atomic E-state index is 0.671. The van der Waals surface area contributed by atoms with Crippen molar-refractivity contribution in [2.24, 2.45) is 0 Å². The van der Waals surface area contributed by atoms with Gasteiger partial charge in [0, 0.05) is 5.25 Å². The van der Waals surface area contributed by atoms with E-state index in [9.17, 15) is 0 Å². The lowest BCUT2D eigenvalue weighted by atomic mass is 10.2. The van der Waals surface area contributed by atoms with Gasteiger partial charge in [-0.1, -0.05) is 44.2 Å². The summed E-state index contributed by atoms with van der Waals surface area (Å²) in [6.45, 7) is 4.39. The number of hydrogen-bond acceptors (Lipinski definition) is 1. The molecule has 12 heavy (non-hydrogen) atoms. The summed E-state index contributed by atoms with van der Waals surface area (Å²) >= 11 is 1.85. The summed E-state index contributed by atoms with van der Waals surface area (Å²) in [5.74, 6) is 0. The molecule has 0 aliphatic heterocycles. The summed E-state index contributed by atoms with van der Waals surface area (Å²) in [4.78, 5) is 0. The Hall–Kier alpha value is -0.690. The van der Waals surface area contributed by atoms with Gasteiger partial charge < -0.3 is 0 Å². The lowest BCUT2D eigenvalue weighted by Gasteiger charge is -1.96. The van der Waals surface area contributed by atoms with E-state index in [1.54, 1.807) is 0 Å². The molecule has 0 atom stereocenters. The molecule has 0 aliphatic rings. The average molecular weight is 178 g/mol. The van der Waals surface area contributed by atoms with Crippen molar-refractivity contribution in [3.05, 3.63) is 41.3 Å². The van der Waals surface area contributed by atoms with E-state index in [2.05, 4.69) is 49.6 Å². The van der Waals surface area contributed by atoms with E-state index < -0.39 is 0 Å². The lowest BCUT2D eigenvalue weighted by Crippen LogP contribution is -1.80. The van der Waals surface area contributed by atoms with Gasteiger partial charge in [-0.25, -0.2) is 0 Å². The van der Waals surface area contributed by atoms with Crippen LogP contribution in [0.2, 0.25) is 0 Å². The normalized spacial score (nSPS) is 11.2. The zero-order valence-electron chi connectivity index (χ0n) is 7.53. The van der Waals surface area contributed by atoms with Crippen LogP contribution in [0.15, 0.2) is 35.7 Å². The van der Waals surface area contributed by atoms with Gasteiger partial charge in [0.25, 0.3) is 0 Å². The van der Waals surface area contributed by atoms with Crippen LogP contribution >= 0.6 is 11.8 Å². The van der Waals surface area contributed by atoms with E-state index in [0.29, 0.717) is 5.25 Å². The molecule has 1 heteroatoms. The predicted molar refractivity (Wildman–Crippen MR) is 58.2 cm³/mol. The van der Waals surface area contributed by atoms with E-state index in [1.807, 2.05) is 17.8 Å². The largest absolute Gasteiger partial charge is 0.131 e. The molecule has 0 nitrogen and oxygen atoms in total. The molecule has 0 radical (unpaired) electrons. The first-order valence-electron chi connectivity index (χ1n) is 4.16. The first-order valence-corrected chi connectivity index (χ1v) is 5.10. The van der Waals surface area contributed by atoms with Crippen LogP contribution in [-0.4, -0.2) is 5.25 Å². The van der Waals surface area contributed by atoms with Crippen LogP contribution in [0.1, 0.15) is 19.4 Å². The van der Waals surface area contributed by atoms with Crippen molar-refractivity contribution in [3.63, 3.8) is 0 Å². The minimum Gasteiger partial charge on any atom is -0.131 e. The Morgan fingerprint density at radius 1 is 1.17 bits per heavy atom. The highest BCUT2D eigenvalue weighted by molar-refractivity contribution is 8.02. The fourth-order valence-corrected chi connectivity index (χ4v) is 1.39. The maximum atomic E-state index is 2.19. The quantitative estimate of drug-likeness (QED) is 0.678. The maximum absolute atomic E-state index is 2.19. The van der Waals surface area contributed by atoms with Gasteiger partial charge in [0.15, 0.2) is 0 Å². The Morgan fingerprint density at radius 2 is 1.83 bits per heavy atom.